The van der Waals surface area contributed by atoms with Gasteiger partial charge >= 0.3 is 0 Å². The van der Waals surface area contributed by atoms with Crippen LogP contribution in [0.25, 0.3) is 0 Å². The van der Waals surface area contributed by atoms with Crippen LogP contribution in [0.2, 0.25) is 0 Å². The van der Waals surface area contributed by atoms with Crippen LogP contribution >= 0.6 is 0 Å². The maximum atomic E-state index is 13.1. The molecule has 29 heavy (non-hydrogen) atoms. The third-order valence-corrected chi connectivity index (χ3v) is 7.86. The normalized spacial score (nSPS) is 23.0. The Balaban J connectivity index is 1.60. The molecule has 1 aromatic rings. The lowest BCUT2D eigenvalue weighted by Crippen LogP contribution is -2.53. The second-order valence-electron chi connectivity index (χ2n) is 8.05. The van der Waals surface area contributed by atoms with Gasteiger partial charge < -0.3 is 14.5 Å². The van der Waals surface area contributed by atoms with E-state index in [0.717, 1.165) is 44.0 Å². The minimum Gasteiger partial charge on any atom is -0.495 e. The number of carbonyl (C=O) groups is 1. The summed E-state index contributed by atoms with van der Waals surface area (Å²) in [6, 6.07) is 7.86. The van der Waals surface area contributed by atoms with Gasteiger partial charge in [0.05, 0.1) is 30.8 Å². The van der Waals surface area contributed by atoms with Crippen LogP contribution in [0.1, 0.15) is 26.7 Å². The van der Waals surface area contributed by atoms with Crippen molar-refractivity contribution in [3.05, 3.63) is 24.3 Å². The molecule has 2 aliphatic rings. The molecule has 0 N–H and O–H groups in total. The lowest BCUT2D eigenvalue weighted by atomic mass is 10.1. The number of hydrogen-bond donors (Lipinski definition) is 0. The van der Waals surface area contributed by atoms with Crippen LogP contribution in [-0.4, -0.2) is 87.5 Å². The fourth-order valence-corrected chi connectivity index (χ4v) is 6.02. The van der Waals surface area contributed by atoms with Gasteiger partial charge in [0.2, 0.25) is 5.91 Å². The van der Waals surface area contributed by atoms with Crippen molar-refractivity contribution in [2.24, 2.45) is 0 Å². The van der Waals surface area contributed by atoms with E-state index in [0.29, 0.717) is 13.0 Å². The quantitative estimate of drug-likeness (QED) is 0.664. The lowest BCUT2D eigenvalue weighted by Gasteiger charge is -2.39. The molecule has 2 fully saturated rings. The molecule has 162 valence electrons. The number of anilines is 1. The monoisotopic (exact) mass is 423 g/mol. The van der Waals surface area contributed by atoms with Crippen LogP contribution in [0.15, 0.2) is 24.3 Å². The van der Waals surface area contributed by atoms with E-state index in [2.05, 4.69) is 15.9 Å². The molecule has 3 rings (SSSR count). The van der Waals surface area contributed by atoms with Gasteiger partial charge in [-0.2, -0.15) is 0 Å². The number of para-hydroxylation sites is 2. The summed E-state index contributed by atoms with van der Waals surface area (Å²) < 4.78 is 29.3. The van der Waals surface area contributed by atoms with E-state index >= 15 is 0 Å². The molecule has 2 heterocycles. The molecule has 2 atom stereocenters. The van der Waals surface area contributed by atoms with Crippen LogP contribution in [0.5, 0.6) is 5.75 Å². The van der Waals surface area contributed by atoms with Crippen molar-refractivity contribution < 1.29 is 17.9 Å². The van der Waals surface area contributed by atoms with Crippen molar-refractivity contribution in [2.45, 2.75) is 38.8 Å². The predicted octanol–water partition coefficient (Wildman–Crippen LogP) is 1.63. The number of hydrogen-bond acceptors (Lipinski definition) is 6. The van der Waals surface area contributed by atoms with Crippen LogP contribution in [-0.2, 0) is 14.6 Å². The Kier molecular flexibility index (Phi) is 7.05. The number of rotatable bonds is 7. The number of amides is 1. The average molecular weight is 424 g/mol. The molecule has 0 spiro atoms. The molecule has 0 bridgehead atoms. The average Bonchev–Trinajstić information content (AvgIpc) is 3.07. The van der Waals surface area contributed by atoms with Crippen LogP contribution in [0, 0.1) is 0 Å². The van der Waals surface area contributed by atoms with E-state index in [-0.39, 0.29) is 29.5 Å². The van der Waals surface area contributed by atoms with E-state index in [4.69, 9.17) is 4.74 Å². The highest BCUT2D eigenvalue weighted by atomic mass is 32.2. The number of piperazine rings is 1. The van der Waals surface area contributed by atoms with Gasteiger partial charge in [-0.3, -0.25) is 9.69 Å². The lowest BCUT2D eigenvalue weighted by molar-refractivity contribution is -0.136. The predicted molar refractivity (Wildman–Crippen MR) is 115 cm³/mol. The van der Waals surface area contributed by atoms with Gasteiger partial charge in [-0.1, -0.05) is 19.1 Å². The first kappa shape index (κ1) is 21.9. The Hall–Kier alpha value is -1.80. The highest BCUT2D eigenvalue weighted by Gasteiger charge is 2.37. The highest BCUT2D eigenvalue weighted by Crippen LogP contribution is 2.28. The number of ether oxygens (including phenoxy) is 1. The molecule has 0 aromatic heterocycles. The molecular weight excluding hydrogens is 390 g/mol. The van der Waals surface area contributed by atoms with Crippen LogP contribution in [0.4, 0.5) is 5.69 Å². The van der Waals surface area contributed by atoms with Crippen molar-refractivity contribution >= 4 is 21.4 Å². The van der Waals surface area contributed by atoms with Crippen LogP contribution in [0.3, 0.4) is 0 Å². The third kappa shape index (κ3) is 5.22. The SMILES string of the molecule is CC[C@@H](C)N(C(=O)CN1CCN(c2ccccc2OC)CC1)[C@H]1CCS(=O)(=O)C1. The van der Waals surface area contributed by atoms with E-state index in [1.807, 2.05) is 36.9 Å². The summed E-state index contributed by atoms with van der Waals surface area (Å²) in [6.45, 7) is 7.65. The summed E-state index contributed by atoms with van der Waals surface area (Å²) in [5, 5.41) is 0. The molecule has 0 unspecified atom stereocenters. The largest absolute Gasteiger partial charge is 0.495 e. The number of nitrogens with zero attached hydrogens (tertiary/aromatic N) is 3. The highest BCUT2D eigenvalue weighted by molar-refractivity contribution is 7.91. The topological polar surface area (TPSA) is 70.2 Å². The Morgan fingerprint density at radius 3 is 2.52 bits per heavy atom. The second kappa shape index (κ2) is 9.34. The summed E-state index contributed by atoms with van der Waals surface area (Å²) in [4.78, 5) is 19.4. The zero-order valence-corrected chi connectivity index (χ0v) is 18.5. The van der Waals surface area contributed by atoms with Crippen molar-refractivity contribution in [2.75, 3.05) is 56.2 Å². The molecular formula is C21H33N3O4S. The van der Waals surface area contributed by atoms with Gasteiger partial charge in [-0.15, -0.1) is 0 Å². The third-order valence-electron chi connectivity index (χ3n) is 6.11. The summed E-state index contributed by atoms with van der Waals surface area (Å²) >= 11 is 0. The molecule has 2 saturated heterocycles. The van der Waals surface area contributed by atoms with Gasteiger partial charge in [0.25, 0.3) is 0 Å². The Bertz CT molecular complexity index is 806. The van der Waals surface area contributed by atoms with Crippen molar-refractivity contribution in [1.29, 1.82) is 0 Å². The van der Waals surface area contributed by atoms with Gasteiger partial charge in [0.1, 0.15) is 5.75 Å². The van der Waals surface area contributed by atoms with Gasteiger partial charge in [-0.05, 0) is 31.9 Å². The summed E-state index contributed by atoms with van der Waals surface area (Å²) in [5.74, 6) is 1.20. The number of benzene rings is 1. The molecule has 7 nitrogen and oxygen atoms in total. The van der Waals surface area contributed by atoms with E-state index in [9.17, 15) is 13.2 Å². The van der Waals surface area contributed by atoms with Crippen molar-refractivity contribution in [3.8, 4) is 5.75 Å². The second-order valence-corrected chi connectivity index (χ2v) is 10.3. The zero-order chi connectivity index (χ0) is 21.0. The molecule has 8 heteroatoms. The first-order valence-corrected chi connectivity index (χ1v) is 12.3. The molecule has 1 amide bonds. The minimum atomic E-state index is -3.02. The molecule has 0 aliphatic carbocycles. The molecule has 0 saturated carbocycles. The van der Waals surface area contributed by atoms with Gasteiger partial charge in [0.15, 0.2) is 9.84 Å². The summed E-state index contributed by atoms with van der Waals surface area (Å²) in [5.41, 5.74) is 1.08. The Labute approximate surface area is 174 Å². The number of sulfone groups is 1. The van der Waals surface area contributed by atoms with Crippen LogP contribution < -0.4 is 9.64 Å². The van der Waals surface area contributed by atoms with E-state index < -0.39 is 9.84 Å². The summed E-state index contributed by atoms with van der Waals surface area (Å²) in [6.07, 6.45) is 1.38. The first-order chi connectivity index (χ1) is 13.8. The maximum Gasteiger partial charge on any atom is 0.237 e. The molecule has 1 aromatic carbocycles. The maximum absolute atomic E-state index is 13.1. The van der Waals surface area contributed by atoms with Crippen molar-refractivity contribution in [3.63, 3.8) is 0 Å². The van der Waals surface area contributed by atoms with Gasteiger partial charge in [-0.25, -0.2) is 8.42 Å². The summed E-state index contributed by atoms with van der Waals surface area (Å²) in [7, 11) is -1.34. The van der Waals surface area contributed by atoms with E-state index in [1.54, 1.807) is 7.11 Å². The smallest absolute Gasteiger partial charge is 0.237 e. The Morgan fingerprint density at radius 1 is 1.24 bits per heavy atom. The van der Waals surface area contributed by atoms with Gasteiger partial charge in [0, 0.05) is 38.3 Å². The fraction of sp³-hybridized carbons (Fsp3) is 0.667. The molecule has 0 radical (unpaired) electrons. The van der Waals surface area contributed by atoms with E-state index in [1.165, 1.54) is 0 Å². The first-order valence-electron chi connectivity index (χ1n) is 10.5. The zero-order valence-electron chi connectivity index (χ0n) is 17.7. The van der Waals surface area contributed by atoms with Crippen molar-refractivity contribution in [1.82, 2.24) is 9.80 Å². The minimum absolute atomic E-state index is 0.0483. The number of carbonyl (C=O) groups excluding carboxylic acids is 1. The fourth-order valence-electron chi connectivity index (χ4n) is 4.31. The Morgan fingerprint density at radius 2 is 1.93 bits per heavy atom. The number of methoxy groups -OCH3 is 1. The molecule has 2 aliphatic heterocycles. The standard InChI is InChI=1S/C21H33N3O4S/c1-4-17(2)24(18-9-14-29(26,27)16-18)21(25)15-22-10-12-23(13-11-22)19-7-5-6-8-20(19)28-3/h5-8,17-18H,4,9-16H2,1-3H3/t17-,18+/m1/s1.